The minimum absolute atomic E-state index is 0.202. The first-order valence-corrected chi connectivity index (χ1v) is 11.6. The van der Waals surface area contributed by atoms with Gasteiger partial charge in [-0.3, -0.25) is 14.3 Å². The van der Waals surface area contributed by atoms with E-state index in [1.165, 1.54) is 32.1 Å². The van der Waals surface area contributed by atoms with Crippen LogP contribution in [0, 0.1) is 5.92 Å². The molecular weight excluding hydrogens is 472 g/mol. The van der Waals surface area contributed by atoms with Crippen LogP contribution in [0.5, 0.6) is 0 Å². The molecule has 7 nitrogen and oxygen atoms in total. The summed E-state index contributed by atoms with van der Waals surface area (Å²) in [6.07, 6.45) is 6.20. The van der Waals surface area contributed by atoms with E-state index in [0.717, 1.165) is 21.9 Å². The highest BCUT2D eigenvalue weighted by Gasteiger charge is 2.22. The molecule has 0 bridgehead atoms. The third-order valence-electron chi connectivity index (χ3n) is 6.13. The maximum absolute atomic E-state index is 13.5. The Balaban J connectivity index is 1.51. The van der Waals surface area contributed by atoms with Crippen molar-refractivity contribution in [2.24, 2.45) is 5.92 Å². The van der Waals surface area contributed by atoms with E-state index < -0.39 is 5.76 Å². The van der Waals surface area contributed by atoms with Gasteiger partial charge in [0.1, 0.15) is 5.69 Å². The number of anilines is 1. The highest BCUT2D eigenvalue weighted by atomic mass is 79.9. The number of carbonyl (C=O) groups excluding carboxylic acids is 1. The van der Waals surface area contributed by atoms with Crippen molar-refractivity contribution in [1.82, 2.24) is 14.7 Å². The summed E-state index contributed by atoms with van der Waals surface area (Å²) >= 11 is 3.43. The Kier molecular flexibility index (Phi) is 5.70. The van der Waals surface area contributed by atoms with Crippen LogP contribution in [0.15, 0.2) is 62.3 Å². The lowest BCUT2D eigenvalue weighted by molar-refractivity contribution is 0.101. The van der Waals surface area contributed by atoms with E-state index in [-0.39, 0.29) is 11.7 Å². The zero-order valence-electron chi connectivity index (χ0n) is 17.4. The predicted octanol–water partition coefficient (Wildman–Crippen LogP) is 5.58. The molecule has 2 aromatic carbocycles. The number of aromatic nitrogens is 3. The van der Waals surface area contributed by atoms with Crippen LogP contribution >= 0.6 is 15.9 Å². The van der Waals surface area contributed by atoms with Gasteiger partial charge in [0.15, 0.2) is 5.82 Å². The van der Waals surface area contributed by atoms with Gasteiger partial charge in [0, 0.05) is 27.5 Å². The first-order valence-electron chi connectivity index (χ1n) is 10.8. The topological polar surface area (TPSA) is 92.9 Å². The highest BCUT2D eigenvalue weighted by molar-refractivity contribution is 9.10. The molecular formula is C24H23BrN4O3. The number of hydrogen-bond acceptors (Lipinski definition) is 4. The molecule has 2 aromatic heterocycles. The van der Waals surface area contributed by atoms with Crippen molar-refractivity contribution in [1.29, 1.82) is 0 Å². The molecule has 2 heterocycles. The minimum atomic E-state index is -0.648. The van der Waals surface area contributed by atoms with Crippen molar-refractivity contribution < 1.29 is 9.32 Å². The van der Waals surface area contributed by atoms with Gasteiger partial charge >= 0.3 is 5.76 Å². The minimum Gasteiger partial charge on any atom is -0.336 e. The molecule has 8 heteroatoms. The number of halogens is 1. The second-order valence-corrected chi connectivity index (χ2v) is 9.21. The van der Waals surface area contributed by atoms with Gasteiger partial charge in [0.25, 0.3) is 5.91 Å². The fourth-order valence-corrected chi connectivity index (χ4v) is 4.94. The second-order valence-electron chi connectivity index (χ2n) is 8.29. The molecule has 1 saturated carbocycles. The Morgan fingerprint density at radius 1 is 1.16 bits per heavy atom. The predicted molar refractivity (Wildman–Crippen MR) is 127 cm³/mol. The third kappa shape index (κ3) is 4.14. The average Bonchev–Trinajstić information content (AvgIpc) is 3.40. The Morgan fingerprint density at radius 3 is 2.75 bits per heavy atom. The summed E-state index contributed by atoms with van der Waals surface area (Å²) in [5.41, 5.74) is 2.80. The first kappa shape index (κ1) is 20.8. The maximum atomic E-state index is 13.5. The summed E-state index contributed by atoms with van der Waals surface area (Å²) in [7, 11) is 0. The van der Waals surface area contributed by atoms with Crippen LogP contribution in [0.1, 0.15) is 42.6 Å². The van der Waals surface area contributed by atoms with Crippen molar-refractivity contribution in [2.45, 2.75) is 38.6 Å². The molecule has 0 atom stereocenters. The molecule has 164 valence electrons. The lowest BCUT2D eigenvalue weighted by Crippen LogP contribution is -2.21. The average molecular weight is 495 g/mol. The van der Waals surface area contributed by atoms with Crippen molar-refractivity contribution in [3.05, 3.63) is 69.2 Å². The van der Waals surface area contributed by atoms with Crippen molar-refractivity contribution in [2.75, 3.05) is 5.32 Å². The molecule has 1 fully saturated rings. The fourth-order valence-electron chi connectivity index (χ4n) is 4.58. The SMILES string of the molecule is O=C(Nc1ccc(Br)cc1-c1noc(=O)[nH]1)c1cc2ccccc2n1CC1CCCCC1. The monoisotopic (exact) mass is 494 g/mol. The van der Waals surface area contributed by atoms with Gasteiger partial charge in [0.2, 0.25) is 0 Å². The van der Waals surface area contributed by atoms with Gasteiger partial charge in [-0.05, 0) is 49.1 Å². The van der Waals surface area contributed by atoms with Gasteiger partial charge in [0.05, 0.1) is 5.69 Å². The molecule has 0 aliphatic heterocycles. The number of hydrogen-bond donors (Lipinski definition) is 2. The highest BCUT2D eigenvalue weighted by Crippen LogP contribution is 2.31. The van der Waals surface area contributed by atoms with E-state index in [1.807, 2.05) is 30.3 Å². The summed E-state index contributed by atoms with van der Waals surface area (Å²) < 4.78 is 7.60. The van der Waals surface area contributed by atoms with Crippen molar-refractivity contribution >= 4 is 38.4 Å². The molecule has 32 heavy (non-hydrogen) atoms. The van der Waals surface area contributed by atoms with Gasteiger partial charge in [-0.25, -0.2) is 4.79 Å². The van der Waals surface area contributed by atoms with Crippen LogP contribution < -0.4 is 11.1 Å². The largest absolute Gasteiger partial charge is 0.439 e. The van der Waals surface area contributed by atoms with Crippen molar-refractivity contribution in [3.8, 4) is 11.4 Å². The number of para-hydroxylation sites is 1. The third-order valence-corrected chi connectivity index (χ3v) is 6.63. The Hall–Kier alpha value is -3.13. The smallest absolute Gasteiger partial charge is 0.336 e. The number of amides is 1. The molecule has 1 amide bonds. The number of benzene rings is 2. The maximum Gasteiger partial charge on any atom is 0.439 e. The first-order chi connectivity index (χ1) is 15.6. The van der Waals surface area contributed by atoms with Crippen LogP contribution in [0.3, 0.4) is 0 Å². The Labute approximate surface area is 192 Å². The number of nitrogens with zero attached hydrogens (tertiary/aromatic N) is 2. The van der Waals surface area contributed by atoms with Crippen LogP contribution in [0.2, 0.25) is 0 Å². The molecule has 1 aliphatic carbocycles. The molecule has 5 rings (SSSR count). The lowest BCUT2D eigenvalue weighted by Gasteiger charge is -2.23. The molecule has 1 aliphatic rings. The zero-order valence-corrected chi connectivity index (χ0v) is 19.0. The number of fused-ring (bicyclic) bond motifs is 1. The van der Waals surface area contributed by atoms with Gasteiger partial charge in [-0.2, -0.15) is 0 Å². The Bertz CT molecular complexity index is 1330. The van der Waals surface area contributed by atoms with Gasteiger partial charge < -0.3 is 9.88 Å². The molecule has 0 saturated heterocycles. The number of carbonyl (C=O) groups is 1. The van der Waals surface area contributed by atoms with Crippen molar-refractivity contribution in [3.63, 3.8) is 0 Å². The Morgan fingerprint density at radius 2 is 1.97 bits per heavy atom. The summed E-state index contributed by atoms with van der Waals surface area (Å²) in [6, 6.07) is 15.4. The number of aromatic amines is 1. The van der Waals surface area contributed by atoms with Crippen LogP contribution in [0.25, 0.3) is 22.3 Å². The second kappa shape index (κ2) is 8.78. The summed E-state index contributed by atoms with van der Waals surface area (Å²) in [5, 5.41) is 7.84. The number of H-pyrrole nitrogens is 1. The lowest BCUT2D eigenvalue weighted by atomic mass is 9.89. The summed E-state index contributed by atoms with van der Waals surface area (Å²) in [4.78, 5) is 27.5. The molecule has 2 N–H and O–H groups in total. The van der Waals surface area contributed by atoms with E-state index in [2.05, 4.69) is 46.5 Å². The van der Waals surface area contributed by atoms with E-state index in [0.29, 0.717) is 22.9 Å². The van der Waals surface area contributed by atoms with Gasteiger partial charge in [-0.15, -0.1) is 0 Å². The van der Waals surface area contributed by atoms with E-state index in [9.17, 15) is 9.59 Å². The molecule has 0 unspecified atom stereocenters. The summed E-state index contributed by atoms with van der Waals surface area (Å²) in [6.45, 7) is 0.833. The normalized spacial score (nSPS) is 14.7. The fraction of sp³-hybridized carbons (Fsp3) is 0.292. The number of nitrogens with one attached hydrogen (secondary N) is 2. The quantitative estimate of drug-likeness (QED) is 0.378. The summed E-state index contributed by atoms with van der Waals surface area (Å²) in [5.74, 6) is -0.0137. The standard InChI is InChI=1S/C24H23BrN4O3/c25-17-10-11-19(18(13-17)22-27-24(31)32-28-22)26-23(30)21-12-16-8-4-5-9-20(16)29(21)14-15-6-2-1-3-7-15/h4-5,8-13,15H,1-3,6-7,14H2,(H,26,30)(H,27,28,31). The molecule has 0 radical (unpaired) electrons. The van der Waals surface area contributed by atoms with Crippen LogP contribution in [-0.4, -0.2) is 20.6 Å². The molecule has 4 aromatic rings. The number of rotatable bonds is 5. The van der Waals surface area contributed by atoms with E-state index in [1.54, 1.807) is 12.1 Å². The van der Waals surface area contributed by atoms with Crippen LogP contribution in [-0.2, 0) is 6.54 Å². The zero-order chi connectivity index (χ0) is 22.1. The van der Waals surface area contributed by atoms with E-state index in [4.69, 9.17) is 0 Å². The van der Waals surface area contributed by atoms with Crippen LogP contribution in [0.4, 0.5) is 5.69 Å². The van der Waals surface area contributed by atoms with E-state index >= 15 is 0 Å². The van der Waals surface area contributed by atoms with Gasteiger partial charge in [-0.1, -0.05) is 58.5 Å². The molecule has 0 spiro atoms.